The second kappa shape index (κ2) is 10.5. The minimum atomic E-state index is 0.170. The second-order valence-corrected chi connectivity index (χ2v) is 4.27. The minimum absolute atomic E-state index is 0.170. The summed E-state index contributed by atoms with van der Waals surface area (Å²) in [6.07, 6.45) is 2.64. The molecule has 0 atom stereocenters. The predicted octanol–water partition coefficient (Wildman–Crippen LogP) is 3.32. The summed E-state index contributed by atoms with van der Waals surface area (Å²) >= 11 is 0. The lowest BCUT2D eigenvalue weighted by Gasteiger charge is -2.03. The van der Waals surface area contributed by atoms with Crippen LogP contribution in [-0.2, 0) is 22.4 Å². The van der Waals surface area contributed by atoms with Crippen LogP contribution in [-0.4, -0.2) is 19.4 Å². The number of carbonyl (C=O) groups excluding carboxylic acids is 2. The van der Waals surface area contributed by atoms with E-state index in [9.17, 15) is 9.59 Å². The van der Waals surface area contributed by atoms with Crippen LogP contribution in [0, 0.1) is 0 Å². The van der Waals surface area contributed by atoms with Gasteiger partial charge in [-0.1, -0.05) is 44.4 Å². The van der Waals surface area contributed by atoms with E-state index in [0.717, 1.165) is 17.5 Å². The second-order valence-electron chi connectivity index (χ2n) is 4.27. The van der Waals surface area contributed by atoms with Crippen LogP contribution >= 0.6 is 0 Å². The van der Waals surface area contributed by atoms with Crippen LogP contribution < -0.4 is 0 Å². The van der Waals surface area contributed by atoms with Crippen LogP contribution in [0.4, 0.5) is 0 Å². The number of hydrogen-bond donors (Lipinski definition) is 0. The maximum atomic E-state index is 11.4. The van der Waals surface area contributed by atoms with Gasteiger partial charge in [-0.2, -0.15) is 0 Å². The van der Waals surface area contributed by atoms with Crippen molar-refractivity contribution in [3.8, 4) is 0 Å². The van der Waals surface area contributed by atoms with E-state index in [1.807, 2.05) is 38.1 Å². The molecule has 0 spiro atoms. The first-order valence-corrected chi connectivity index (χ1v) is 6.91. The SMILES string of the molecule is CC.[B]CCC(=O)Cc1ccc(CCC(C)=O)cc1. The average Bonchev–Trinajstić information content (AvgIpc) is 2.40. The Bertz CT molecular complexity index is 382. The number of carbonyl (C=O) groups is 2. The number of hydrogen-bond acceptors (Lipinski definition) is 2. The van der Waals surface area contributed by atoms with Crippen LogP contribution in [0.1, 0.15) is 44.7 Å². The van der Waals surface area contributed by atoms with Crippen molar-refractivity contribution in [2.45, 2.75) is 52.8 Å². The Morgan fingerprint density at radius 3 is 2.00 bits per heavy atom. The Hall–Kier alpha value is -1.38. The van der Waals surface area contributed by atoms with Gasteiger partial charge < -0.3 is 4.79 Å². The molecule has 0 amide bonds. The molecule has 102 valence electrons. The third-order valence-electron chi connectivity index (χ3n) is 2.61. The fourth-order valence-corrected chi connectivity index (χ4v) is 1.62. The molecule has 19 heavy (non-hydrogen) atoms. The average molecular weight is 258 g/mol. The first-order chi connectivity index (χ1) is 9.11. The first kappa shape index (κ1) is 17.6. The van der Waals surface area contributed by atoms with E-state index >= 15 is 0 Å². The Kier molecular flexibility index (Phi) is 9.78. The number of ketones is 2. The molecule has 0 unspecified atom stereocenters. The van der Waals surface area contributed by atoms with Gasteiger partial charge in [0, 0.05) is 12.8 Å². The highest BCUT2D eigenvalue weighted by Gasteiger charge is 2.02. The number of Topliss-reactive ketones (excluding diaryl/α,β-unsaturated/α-hetero) is 2. The molecule has 0 saturated heterocycles. The number of benzene rings is 1. The normalized spacial score (nSPS) is 9.42. The molecule has 0 saturated carbocycles. The fourth-order valence-electron chi connectivity index (χ4n) is 1.62. The Morgan fingerprint density at radius 2 is 1.53 bits per heavy atom. The van der Waals surface area contributed by atoms with Gasteiger partial charge in [-0.25, -0.2) is 0 Å². The molecular weight excluding hydrogens is 235 g/mol. The molecule has 0 bridgehead atoms. The molecule has 0 aliphatic rings. The zero-order chi connectivity index (χ0) is 14.7. The van der Waals surface area contributed by atoms with Gasteiger partial charge in [0.2, 0.25) is 0 Å². The van der Waals surface area contributed by atoms with E-state index in [1.165, 1.54) is 0 Å². The Balaban J connectivity index is 0.00000154. The largest absolute Gasteiger partial charge is 0.300 e. The van der Waals surface area contributed by atoms with Crippen molar-refractivity contribution in [2.24, 2.45) is 0 Å². The summed E-state index contributed by atoms with van der Waals surface area (Å²) in [4.78, 5) is 22.2. The third-order valence-corrected chi connectivity index (χ3v) is 2.61. The zero-order valence-corrected chi connectivity index (χ0v) is 12.2. The molecule has 3 heteroatoms. The Labute approximate surface area is 118 Å². The van der Waals surface area contributed by atoms with Crippen molar-refractivity contribution in [2.75, 3.05) is 0 Å². The zero-order valence-electron chi connectivity index (χ0n) is 12.2. The molecular formula is C16H23BO2. The van der Waals surface area contributed by atoms with E-state index in [4.69, 9.17) is 7.85 Å². The summed E-state index contributed by atoms with van der Waals surface area (Å²) in [5.41, 5.74) is 2.14. The van der Waals surface area contributed by atoms with Crippen molar-refractivity contribution in [3.05, 3.63) is 35.4 Å². The summed E-state index contributed by atoms with van der Waals surface area (Å²) in [7, 11) is 5.32. The minimum Gasteiger partial charge on any atom is -0.300 e. The highest BCUT2D eigenvalue weighted by molar-refractivity contribution is 6.10. The van der Waals surface area contributed by atoms with Gasteiger partial charge in [-0.3, -0.25) is 4.79 Å². The van der Waals surface area contributed by atoms with Gasteiger partial charge in [-0.15, -0.1) is 0 Å². The molecule has 1 rings (SSSR count). The van der Waals surface area contributed by atoms with Gasteiger partial charge in [0.25, 0.3) is 0 Å². The van der Waals surface area contributed by atoms with Gasteiger partial charge in [0.1, 0.15) is 11.6 Å². The highest BCUT2D eigenvalue weighted by Crippen LogP contribution is 2.09. The van der Waals surface area contributed by atoms with Crippen LogP contribution in [0.3, 0.4) is 0 Å². The lowest BCUT2D eigenvalue weighted by Crippen LogP contribution is -2.02. The molecule has 0 aliphatic carbocycles. The fraction of sp³-hybridized carbons (Fsp3) is 0.500. The summed E-state index contributed by atoms with van der Waals surface area (Å²) in [5, 5.41) is 0. The lowest BCUT2D eigenvalue weighted by atomic mass is 9.96. The van der Waals surface area contributed by atoms with Gasteiger partial charge in [0.05, 0.1) is 7.85 Å². The van der Waals surface area contributed by atoms with Crippen molar-refractivity contribution in [3.63, 3.8) is 0 Å². The molecule has 2 nitrogen and oxygen atoms in total. The molecule has 0 N–H and O–H groups in total. The van der Waals surface area contributed by atoms with E-state index < -0.39 is 0 Å². The molecule has 1 aromatic rings. The van der Waals surface area contributed by atoms with Crippen molar-refractivity contribution in [1.29, 1.82) is 0 Å². The summed E-state index contributed by atoms with van der Waals surface area (Å²) < 4.78 is 0. The maximum absolute atomic E-state index is 11.4. The summed E-state index contributed by atoms with van der Waals surface area (Å²) in [5.74, 6) is 0.371. The number of aryl methyl sites for hydroxylation is 1. The van der Waals surface area contributed by atoms with Crippen LogP contribution in [0.25, 0.3) is 0 Å². The molecule has 0 fully saturated rings. The first-order valence-electron chi connectivity index (χ1n) is 6.91. The van der Waals surface area contributed by atoms with Crippen molar-refractivity contribution >= 4 is 19.4 Å². The molecule has 0 aliphatic heterocycles. The quantitative estimate of drug-likeness (QED) is 0.703. The molecule has 1 aromatic carbocycles. The topological polar surface area (TPSA) is 34.1 Å². The summed E-state index contributed by atoms with van der Waals surface area (Å²) in [6, 6.07) is 7.86. The van der Waals surface area contributed by atoms with Crippen LogP contribution in [0.15, 0.2) is 24.3 Å². The maximum Gasteiger partial charge on any atom is 0.136 e. The van der Waals surface area contributed by atoms with E-state index in [2.05, 4.69) is 0 Å². The molecule has 0 heterocycles. The van der Waals surface area contributed by atoms with Gasteiger partial charge >= 0.3 is 0 Å². The van der Waals surface area contributed by atoms with E-state index in [0.29, 0.717) is 25.6 Å². The standard InChI is InChI=1S/C14H17BO2.C2H6/c1-11(16)2-3-12-4-6-13(7-5-12)10-14(17)8-9-15;1-2/h4-7H,2-3,8-10H2,1H3;1-2H3. The van der Waals surface area contributed by atoms with Gasteiger partial charge in [0.15, 0.2) is 0 Å². The van der Waals surface area contributed by atoms with Crippen molar-refractivity contribution < 1.29 is 9.59 Å². The number of rotatable bonds is 7. The highest BCUT2D eigenvalue weighted by atomic mass is 16.1. The monoisotopic (exact) mass is 258 g/mol. The Morgan fingerprint density at radius 1 is 1.00 bits per heavy atom. The van der Waals surface area contributed by atoms with Crippen molar-refractivity contribution in [1.82, 2.24) is 0 Å². The van der Waals surface area contributed by atoms with E-state index in [-0.39, 0.29) is 11.6 Å². The molecule has 2 radical (unpaired) electrons. The predicted molar refractivity (Wildman–Crippen MR) is 80.7 cm³/mol. The lowest BCUT2D eigenvalue weighted by molar-refractivity contribution is -0.118. The van der Waals surface area contributed by atoms with Gasteiger partial charge in [-0.05, 0) is 30.9 Å². The third kappa shape index (κ3) is 8.36. The smallest absolute Gasteiger partial charge is 0.136 e. The van der Waals surface area contributed by atoms with E-state index in [1.54, 1.807) is 6.92 Å². The van der Waals surface area contributed by atoms with Crippen LogP contribution in [0.5, 0.6) is 0 Å². The molecule has 0 aromatic heterocycles. The van der Waals surface area contributed by atoms with Crippen LogP contribution in [0.2, 0.25) is 6.32 Å². The summed E-state index contributed by atoms with van der Waals surface area (Å²) in [6.45, 7) is 5.60.